The Morgan fingerprint density at radius 2 is 1.44 bits per heavy atom. The molecule has 3 heteroatoms. The van der Waals surface area contributed by atoms with Crippen LogP contribution in [0, 0.1) is 11.8 Å². The fourth-order valence-corrected chi connectivity index (χ4v) is 0.999. The number of hydrogen-bond acceptors (Lipinski definition) is 3. The lowest BCUT2D eigenvalue weighted by atomic mass is 9.96. The molecule has 0 aromatic heterocycles. The molecule has 0 aromatic rings. The Balaban J connectivity index is 5.21. The van der Waals surface area contributed by atoms with Gasteiger partial charge in [0.25, 0.3) is 0 Å². The van der Waals surface area contributed by atoms with Gasteiger partial charge in [0, 0.05) is 5.57 Å². The third-order valence-corrected chi connectivity index (χ3v) is 1.93. The first kappa shape index (κ1) is 16.9. The maximum Gasteiger partial charge on any atom is 0.120 e. The molecule has 0 fully saturated rings. The van der Waals surface area contributed by atoms with E-state index in [0.29, 0.717) is 5.57 Å². The van der Waals surface area contributed by atoms with Crippen LogP contribution in [-0.2, 0) is 0 Å². The lowest BCUT2D eigenvalue weighted by Gasteiger charge is -2.17. The molecule has 18 heavy (non-hydrogen) atoms. The van der Waals surface area contributed by atoms with Crippen LogP contribution in [0.2, 0.25) is 0 Å². The zero-order valence-electron chi connectivity index (χ0n) is 12.1. The van der Waals surface area contributed by atoms with Crippen molar-refractivity contribution in [3.05, 3.63) is 23.8 Å². The lowest BCUT2D eigenvalue weighted by Crippen LogP contribution is -2.22. The molecule has 0 saturated carbocycles. The molecule has 0 atom stereocenters. The molecule has 0 rings (SSSR count). The molecule has 0 bridgehead atoms. The molecular weight excluding hydrogens is 228 g/mol. The zero-order chi connectivity index (χ0) is 14.6. The van der Waals surface area contributed by atoms with Gasteiger partial charge in [0.15, 0.2) is 0 Å². The summed E-state index contributed by atoms with van der Waals surface area (Å²) in [4.78, 5) is 0. The summed E-state index contributed by atoms with van der Waals surface area (Å²) in [6.45, 7) is 9.71. The molecule has 0 aromatic carbocycles. The summed E-state index contributed by atoms with van der Waals surface area (Å²) in [6.07, 6.45) is 4.88. The van der Waals surface area contributed by atoms with E-state index < -0.39 is 16.8 Å². The molecule has 0 aliphatic carbocycles. The minimum atomic E-state index is -1.11. The van der Waals surface area contributed by atoms with E-state index in [-0.39, 0.29) is 0 Å². The van der Waals surface area contributed by atoms with Crippen LogP contribution in [0.15, 0.2) is 23.8 Å². The first-order valence-corrected chi connectivity index (χ1v) is 5.91. The summed E-state index contributed by atoms with van der Waals surface area (Å²) in [5.74, 6) is 5.42. The molecular formula is C15H24O3. The van der Waals surface area contributed by atoms with Gasteiger partial charge in [0.2, 0.25) is 0 Å². The highest BCUT2D eigenvalue weighted by molar-refractivity contribution is 5.39. The standard InChI is InChI=1S/C15H24O3/c1-13(2,16)10-7-8-12(15(5,6)18)9-11-14(3,4)17/h7-8,10,16-18H,1-6H3. The molecule has 0 heterocycles. The van der Waals surface area contributed by atoms with Gasteiger partial charge in [-0.05, 0) is 47.6 Å². The van der Waals surface area contributed by atoms with Gasteiger partial charge in [-0.1, -0.05) is 24.0 Å². The van der Waals surface area contributed by atoms with Crippen LogP contribution in [0.3, 0.4) is 0 Å². The Hall–Kier alpha value is -1.08. The highest BCUT2D eigenvalue weighted by Gasteiger charge is 2.18. The molecule has 0 amide bonds. The van der Waals surface area contributed by atoms with Crippen LogP contribution in [0.1, 0.15) is 41.5 Å². The molecule has 0 aliphatic heterocycles. The second kappa shape index (κ2) is 5.71. The molecule has 3 N–H and O–H groups in total. The van der Waals surface area contributed by atoms with Crippen LogP contribution in [-0.4, -0.2) is 32.1 Å². The number of rotatable bonds is 3. The van der Waals surface area contributed by atoms with Crippen molar-refractivity contribution in [1.82, 2.24) is 0 Å². The first-order chi connectivity index (χ1) is 7.81. The molecule has 0 spiro atoms. The van der Waals surface area contributed by atoms with E-state index in [1.807, 2.05) is 0 Å². The van der Waals surface area contributed by atoms with Crippen LogP contribution in [0.4, 0.5) is 0 Å². The summed E-state index contributed by atoms with van der Waals surface area (Å²) in [5, 5.41) is 29.0. The van der Waals surface area contributed by atoms with Crippen molar-refractivity contribution in [3.63, 3.8) is 0 Å². The second-order valence-corrected chi connectivity index (χ2v) is 5.96. The van der Waals surface area contributed by atoms with Gasteiger partial charge in [-0.25, -0.2) is 0 Å². The van der Waals surface area contributed by atoms with Gasteiger partial charge < -0.3 is 15.3 Å². The van der Waals surface area contributed by atoms with Gasteiger partial charge in [-0.15, -0.1) is 0 Å². The molecule has 3 nitrogen and oxygen atoms in total. The molecule has 0 saturated heterocycles. The largest absolute Gasteiger partial charge is 0.386 e. The van der Waals surface area contributed by atoms with Crippen LogP contribution >= 0.6 is 0 Å². The topological polar surface area (TPSA) is 60.7 Å². The van der Waals surface area contributed by atoms with E-state index >= 15 is 0 Å². The summed E-state index contributed by atoms with van der Waals surface area (Å²) >= 11 is 0. The van der Waals surface area contributed by atoms with E-state index in [4.69, 9.17) is 0 Å². The smallest absolute Gasteiger partial charge is 0.120 e. The van der Waals surface area contributed by atoms with Crippen molar-refractivity contribution in [2.24, 2.45) is 0 Å². The number of hydrogen-bond donors (Lipinski definition) is 3. The number of allylic oxidation sites excluding steroid dienone is 2. The van der Waals surface area contributed by atoms with Crippen molar-refractivity contribution < 1.29 is 15.3 Å². The Morgan fingerprint density at radius 1 is 0.944 bits per heavy atom. The van der Waals surface area contributed by atoms with Crippen molar-refractivity contribution in [1.29, 1.82) is 0 Å². The lowest BCUT2D eigenvalue weighted by molar-refractivity contribution is 0.124. The minimum Gasteiger partial charge on any atom is -0.386 e. The summed E-state index contributed by atoms with van der Waals surface area (Å²) < 4.78 is 0. The van der Waals surface area contributed by atoms with Gasteiger partial charge in [0.1, 0.15) is 5.60 Å². The Kier molecular flexibility index (Phi) is 5.36. The average molecular weight is 252 g/mol. The van der Waals surface area contributed by atoms with E-state index in [0.717, 1.165) is 0 Å². The highest BCUT2D eigenvalue weighted by Crippen LogP contribution is 2.16. The second-order valence-electron chi connectivity index (χ2n) is 5.96. The van der Waals surface area contributed by atoms with Crippen LogP contribution in [0.5, 0.6) is 0 Å². The highest BCUT2D eigenvalue weighted by atomic mass is 16.3. The monoisotopic (exact) mass is 252 g/mol. The average Bonchev–Trinajstić information content (AvgIpc) is 2.04. The fourth-order valence-electron chi connectivity index (χ4n) is 0.999. The van der Waals surface area contributed by atoms with Gasteiger partial charge >= 0.3 is 0 Å². The van der Waals surface area contributed by atoms with Crippen LogP contribution < -0.4 is 0 Å². The third kappa shape index (κ3) is 9.00. The van der Waals surface area contributed by atoms with E-state index in [9.17, 15) is 15.3 Å². The normalized spacial score (nSPS) is 14.6. The number of aliphatic hydroxyl groups is 3. The summed E-state index contributed by atoms with van der Waals surface area (Å²) in [5.41, 5.74) is -2.64. The predicted molar refractivity (Wildman–Crippen MR) is 73.9 cm³/mol. The van der Waals surface area contributed by atoms with E-state index in [1.165, 1.54) is 0 Å². The summed E-state index contributed by atoms with van der Waals surface area (Å²) in [6, 6.07) is 0. The Labute approximate surface area is 110 Å². The summed E-state index contributed by atoms with van der Waals surface area (Å²) in [7, 11) is 0. The van der Waals surface area contributed by atoms with E-state index in [1.54, 1.807) is 59.8 Å². The van der Waals surface area contributed by atoms with Crippen molar-refractivity contribution in [3.8, 4) is 11.8 Å². The molecule has 0 unspecified atom stereocenters. The van der Waals surface area contributed by atoms with Gasteiger partial charge in [-0.3, -0.25) is 0 Å². The zero-order valence-corrected chi connectivity index (χ0v) is 12.1. The van der Waals surface area contributed by atoms with Crippen LogP contribution in [0.25, 0.3) is 0 Å². The molecule has 102 valence electrons. The van der Waals surface area contributed by atoms with E-state index in [2.05, 4.69) is 11.8 Å². The predicted octanol–water partition coefficient (Wildman–Crippen LogP) is 1.79. The molecule has 0 aliphatic rings. The van der Waals surface area contributed by atoms with Crippen molar-refractivity contribution >= 4 is 0 Å². The molecule has 0 radical (unpaired) electrons. The third-order valence-electron chi connectivity index (χ3n) is 1.93. The fraction of sp³-hybridized carbons (Fsp3) is 0.600. The van der Waals surface area contributed by atoms with Gasteiger partial charge in [0.05, 0.1) is 11.2 Å². The van der Waals surface area contributed by atoms with Gasteiger partial charge in [-0.2, -0.15) is 0 Å². The Bertz CT molecular complexity index is 385. The maximum atomic E-state index is 9.95. The van der Waals surface area contributed by atoms with Crippen molar-refractivity contribution in [2.45, 2.75) is 58.3 Å². The quantitative estimate of drug-likeness (QED) is 0.530. The minimum absolute atomic E-state index is 0.477. The Morgan fingerprint density at radius 3 is 1.78 bits per heavy atom. The SMILES string of the molecule is CC(C)(O)C#CC(=CC=CC(C)(C)O)C(C)(C)O. The van der Waals surface area contributed by atoms with Crippen molar-refractivity contribution in [2.75, 3.05) is 0 Å². The maximum absolute atomic E-state index is 9.95. The first-order valence-electron chi connectivity index (χ1n) is 5.91.